The number of rotatable bonds is 12. The van der Waals surface area contributed by atoms with E-state index in [0.29, 0.717) is 19.8 Å². The van der Waals surface area contributed by atoms with Gasteiger partial charge in [0.15, 0.2) is 6.10 Å². The number of hydrogen-bond acceptors (Lipinski definition) is 5. The van der Waals surface area contributed by atoms with E-state index in [1.165, 1.54) is 10.4 Å². The van der Waals surface area contributed by atoms with E-state index in [4.69, 9.17) is 53.4 Å². The van der Waals surface area contributed by atoms with E-state index in [9.17, 15) is 4.79 Å². The van der Waals surface area contributed by atoms with Crippen LogP contribution in [0.4, 0.5) is 0 Å². The summed E-state index contributed by atoms with van der Waals surface area (Å²) < 4.78 is 21.2. The largest absolute Gasteiger partial charge is 0.459 e. The molecule has 0 bridgehead atoms. The highest BCUT2D eigenvalue weighted by atomic mass is 35.6. The first-order valence-corrected chi connectivity index (χ1v) is 14.2. The lowest BCUT2D eigenvalue weighted by Gasteiger charge is -2.43. The number of esters is 1. The molecule has 0 amide bonds. The third-order valence-corrected chi connectivity index (χ3v) is 10.6. The fourth-order valence-corrected chi connectivity index (χ4v) is 8.45. The molecule has 0 fully saturated rings. The maximum Gasteiger partial charge on any atom is 0.335 e. The summed E-state index contributed by atoms with van der Waals surface area (Å²) in [6.45, 7) is 9.32. The van der Waals surface area contributed by atoms with Gasteiger partial charge >= 0.3 is 5.97 Å². The summed E-state index contributed by atoms with van der Waals surface area (Å²) in [4.78, 5) is 11.9. The molecule has 188 valence electrons. The first-order valence-electron chi connectivity index (χ1n) is 11.1. The molecule has 0 aliphatic heterocycles. The lowest BCUT2D eigenvalue weighted by molar-refractivity contribution is -0.156. The topological polar surface area (TPSA) is 54.0 Å². The van der Waals surface area contributed by atoms with Crippen molar-refractivity contribution in [3.63, 3.8) is 0 Å². The highest BCUT2D eigenvalue weighted by Crippen LogP contribution is 2.36. The number of alkyl halides is 3. The molecule has 1 atom stereocenters. The molecule has 0 heterocycles. The Morgan fingerprint density at radius 3 is 1.82 bits per heavy atom. The Hall–Kier alpha value is -1.12. The van der Waals surface area contributed by atoms with Gasteiger partial charge in [-0.1, -0.05) is 116 Å². The summed E-state index contributed by atoms with van der Waals surface area (Å²) in [6.07, 6.45) is -0.788. The van der Waals surface area contributed by atoms with Crippen LogP contribution in [0, 0.1) is 0 Å². The van der Waals surface area contributed by atoms with Gasteiger partial charge in [-0.25, -0.2) is 4.79 Å². The van der Waals surface area contributed by atoms with Gasteiger partial charge in [0.1, 0.15) is 6.61 Å². The maximum absolute atomic E-state index is 11.9. The van der Waals surface area contributed by atoms with E-state index in [1.54, 1.807) is 6.92 Å². The van der Waals surface area contributed by atoms with Crippen molar-refractivity contribution in [1.29, 1.82) is 0 Å². The Balaban J connectivity index is 1.91. The summed E-state index contributed by atoms with van der Waals surface area (Å²) in [5, 5.41) is 2.35. The minimum atomic E-state index is -2.58. The van der Waals surface area contributed by atoms with E-state index in [-0.39, 0.29) is 18.3 Å². The highest BCUT2D eigenvalue weighted by Gasteiger charge is 2.50. The molecule has 0 aliphatic carbocycles. The predicted octanol–water partition coefficient (Wildman–Crippen LogP) is 4.90. The third-order valence-electron chi connectivity index (χ3n) is 5.27. The fourth-order valence-electron chi connectivity index (χ4n) is 3.74. The van der Waals surface area contributed by atoms with Crippen molar-refractivity contribution in [2.24, 2.45) is 0 Å². The average molecular weight is 548 g/mol. The molecule has 9 heteroatoms. The molecule has 0 aliphatic rings. The van der Waals surface area contributed by atoms with Crippen LogP contribution in [0.1, 0.15) is 27.7 Å². The molecular weight excluding hydrogens is 515 g/mol. The van der Waals surface area contributed by atoms with E-state index < -0.39 is 24.2 Å². The van der Waals surface area contributed by atoms with Gasteiger partial charge < -0.3 is 18.6 Å². The van der Waals surface area contributed by atoms with Crippen molar-refractivity contribution >= 4 is 59.5 Å². The molecule has 2 rings (SSSR count). The first kappa shape index (κ1) is 29.1. The van der Waals surface area contributed by atoms with Crippen LogP contribution in [0.25, 0.3) is 0 Å². The zero-order valence-corrected chi connectivity index (χ0v) is 23.3. The summed E-state index contributed by atoms with van der Waals surface area (Å²) in [7, 11) is -2.58. The Bertz CT molecular complexity index is 830. The van der Waals surface area contributed by atoms with Crippen LogP contribution in [-0.2, 0) is 23.4 Å². The number of ether oxygens (including phenoxy) is 3. The second kappa shape index (κ2) is 13.3. The van der Waals surface area contributed by atoms with Gasteiger partial charge in [-0.2, -0.15) is 0 Å². The van der Waals surface area contributed by atoms with E-state index in [2.05, 4.69) is 69.3 Å². The van der Waals surface area contributed by atoms with Crippen LogP contribution < -0.4 is 10.4 Å². The normalized spacial score (nSPS) is 13.5. The van der Waals surface area contributed by atoms with Crippen molar-refractivity contribution in [1.82, 2.24) is 0 Å². The number of halogens is 3. The van der Waals surface area contributed by atoms with Crippen molar-refractivity contribution < 1.29 is 23.4 Å². The van der Waals surface area contributed by atoms with Gasteiger partial charge in [0.05, 0.1) is 26.4 Å². The van der Waals surface area contributed by atoms with Crippen molar-refractivity contribution in [2.75, 3.05) is 33.0 Å². The zero-order valence-electron chi connectivity index (χ0n) is 20.1. The molecular formula is C25H33Cl3O5Si. The molecule has 34 heavy (non-hydrogen) atoms. The van der Waals surface area contributed by atoms with Crippen LogP contribution in [0.2, 0.25) is 5.04 Å². The Kier molecular flexibility index (Phi) is 11.4. The average Bonchev–Trinajstić information content (AvgIpc) is 2.79. The first-order chi connectivity index (χ1) is 16.0. The molecule has 0 saturated heterocycles. The van der Waals surface area contributed by atoms with E-state index >= 15 is 0 Å². The molecule has 0 aromatic heterocycles. The number of carbonyl (C=O) groups excluding carboxylic acids is 1. The minimum absolute atomic E-state index is 0.0959. The molecule has 2 aromatic carbocycles. The summed E-state index contributed by atoms with van der Waals surface area (Å²) in [5.74, 6) is -0.596. The smallest absolute Gasteiger partial charge is 0.335 e. The molecule has 0 spiro atoms. The zero-order chi connectivity index (χ0) is 25.2. The molecule has 0 saturated carbocycles. The molecule has 0 N–H and O–H groups in total. The quantitative estimate of drug-likeness (QED) is 0.164. The lowest BCUT2D eigenvalue weighted by atomic mass is 10.2. The van der Waals surface area contributed by atoms with Gasteiger partial charge in [-0.15, -0.1) is 0 Å². The van der Waals surface area contributed by atoms with Crippen LogP contribution >= 0.6 is 34.8 Å². The van der Waals surface area contributed by atoms with Gasteiger partial charge in [0.25, 0.3) is 8.32 Å². The van der Waals surface area contributed by atoms with Crippen LogP contribution in [0.3, 0.4) is 0 Å². The van der Waals surface area contributed by atoms with Crippen LogP contribution in [0.5, 0.6) is 0 Å². The number of carbonyl (C=O) groups is 1. The Labute approximate surface area is 218 Å². The second-order valence-corrected chi connectivity index (χ2v) is 15.7. The van der Waals surface area contributed by atoms with E-state index in [0.717, 1.165) is 0 Å². The van der Waals surface area contributed by atoms with Gasteiger partial charge in [0, 0.05) is 0 Å². The Morgan fingerprint density at radius 1 is 0.853 bits per heavy atom. The predicted molar refractivity (Wildman–Crippen MR) is 141 cm³/mol. The van der Waals surface area contributed by atoms with Gasteiger partial charge in [-0.05, 0) is 22.3 Å². The molecule has 0 radical (unpaired) electrons. The van der Waals surface area contributed by atoms with Gasteiger partial charge in [-0.3, -0.25) is 0 Å². The molecule has 1 unspecified atom stereocenters. The fraction of sp³-hybridized carbons (Fsp3) is 0.480. The lowest BCUT2D eigenvalue weighted by Crippen LogP contribution is -2.66. The summed E-state index contributed by atoms with van der Waals surface area (Å²) in [5.41, 5.74) is 0. The number of hydrogen-bond donors (Lipinski definition) is 0. The standard InChI is InChI=1S/C25H33Cl3O5Si/c1-20(23(29)32-19-25(26,27)28)31-17-15-30-16-18-33-34(24(2,3)4,21-11-7-5-8-12-21)22-13-9-6-10-14-22/h5-14,20H,15-19H2,1-4H3. The monoisotopic (exact) mass is 546 g/mol. The number of benzene rings is 2. The summed E-state index contributed by atoms with van der Waals surface area (Å²) >= 11 is 16.7. The third kappa shape index (κ3) is 8.52. The highest BCUT2D eigenvalue weighted by molar-refractivity contribution is 6.99. The second-order valence-electron chi connectivity index (χ2n) is 8.86. The summed E-state index contributed by atoms with van der Waals surface area (Å²) in [6, 6.07) is 20.9. The van der Waals surface area contributed by atoms with Crippen LogP contribution in [-0.4, -0.2) is 57.2 Å². The maximum atomic E-state index is 11.9. The van der Waals surface area contributed by atoms with Gasteiger partial charge in [0.2, 0.25) is 3.79 Å². The SMILES string of the molecule is CC(OCCOCCO[Si](c1ccccc1)(c1ccccc1)C(C)(C)C)C(=O)OCC(Cl)(Cl)Cl. The van der Waals surface area contributed by atoms with Crippen molar-refractivity contribution in [3.8, 4) is 0 Å². The van der Waals surface area contributed by atoms with Crippen molar-refractivity contribution in [2.45, 2.75) is 42.6 Å². The Morgan fingerprint density at radius 2 is 1.35 bits per heavy atom. The van der Waals surface area contributed by atoms with Crippen LogP contribution in [0.15, 0.2) is 60.7 Å². The van der Waals surface area contributed by atoms with E-state index in [1.807, 2.05) is 12.1 Å². The molecule has 2 aromatic rings. The molecule has 5 nitrogen and oxygen atoms in total. The minimum Gasteiger partial charge on any atom is -0.459 e. The van der Waals surface area contributed by atoms with Crippen molar-refractivity contribution in [3.05, 3.63) is 60.7 Å².